The van der Waals surface area contributed by atoms with Crippen LogP contribution in [0.5, 0.6) is 0 Å². The van der Waals surface area contributed by atoms with Crippen molar-refractivity contribution >= 4 is 21.8 Å². The van der Waals surface area contributed by atoms with Crippen LogP contribution >= 0.6 is 0 Å². The first-order chi connectivity index (χ1) is 8.62. The van der Waals surface area contributed by atoms with E-state index in [-0.39, 0.29) is 31.4 Å². The lowest BCUT2D eigenvalue weighted by molar-refractivity contribution is -0.135. The summed E-state index contributed by atoms with van der Waals surface area (Å²) in [6, 6.07) is 0. The van der Waals surface area contributed by atoms with Crippen molar-refractivity contribution in [2.45, 2.75) is 6.92 Å². The first-order valence-electron chi connectivity index (χ1n) is 6.04. The van der Waals surface area contributed by atoms with Crippen LogP contribution in [0.15, 0.2) is 0 Å². The number of carbonyl (C=O) groups is 2. The zero-order chi connectivity index (χ0) is 14.8. The average Bonchev–Trinajstić information content (AvgIpc) is 2.49. The van der Waals surface area contributed by atoms with Crippen molar-refractivity contribution in [1.82, 2.24) is 14.1 Å². The van der Waals surface area contributed by atoms with Gasteiger partial charge in [-0.05, 0) is 0 Å². The third-order valence-electron chi connectivity index (χ3n) is 3.19. The summed E-state index contributed by atoms with van der Waals surface area (Å²) < 4.78 is 24.6. The lowest BCUT2D eigenvalue weighted by Crippen LogP contribution is -2.42. The molecule has 1 rings (SSSR count). The molecule has 0 bridgehead atoms. The summed E-state index contributed by atoms with van der Waals surface area (Å²) in [5, 5.41) is 0. The monoisotopic (exact) mass is 291 g/mol. The topological polar surface area (TPSA) is 78.0 Å². The molecule has 1 atom stereocenters. The third-order valence-corrected chi connectivity index (χ3v) is 4.46. The van der Waals surface area contributed by atoms with Crippen molar-refractivity contribution in [3.63, 3.8) is 0 Å². The van der Waals surface area contributed by atoms with Gasteiger partial charge in [0.15, 0.2) is 0 Å². The van der Waals surface area contributed by atoms with Crippen LogP contribution in [0.3, 0.4) is 0 Å². The summed E-state index contributed by atoms with van der Waals surface area (Å²) in [6.45, 7) is 2.36. The minimum atomic E-state index is -3.37. The maximum absolute atomic E-state index is 12.1. The smallest absolute Gasteiger partial charge is 0.228 e. The highest BCUT2D eigenvalue weighted by molar-refractivity contribution is 7.88. The van der Waals surface area contributed by atoms with E-state index < -0.39 is 15.9 Å². The molecule has 1 saturated heterocycles. The molecule has 7 nitrogen and oxygen atoms in total. The average molecular weight is 291 g/mol. The molecule has 1 aliphatic rings. The molecule has 2 amide bonds. The second-order valence-corrected chi connectivity index (χ2v) is 7.00. The molecule has 0 aromatic rings. The Morgan fingerprint density at radius 1 is 1.16 bits per heavy atom. The first-order valence-corrected chi connectivity index (χ1v) is 7.89. The minimum Gasteiger partial charge on any atom is -0.348 e. The van der Waals surface area contributed by atoms with Crippen LogP contribution in [0.1, 0.15) is 6.92 Å². The zero-order valence-electron chi connectivity index (χ0n) is 11.8. The molecular weight excluding hydrogens is 270 g/mol. The number of hydrogen-bond donors (Lipinski definition) is 0. The molecule has 1 aliphatic heterocycles. The summed E-state index contributed by atoms with van der Waals surface area (Å²) in [5.74, 6) is -0.829. The van der Waals surface area contributed by atoms with Crippen LogP contribution in [0.2, 0.25) is 0 Å². The van der Waals surface area contributed by atoms with E-state index in [4.69, 9.17) is 0 Å². The molecule has 0 N–H and O–H groups in total. The summed E-state index contributed by atoms with van der Waals surface area (Å²) in [6.07, 6.45) is 1.12. The summed E-state index contributed by atoms with van der Waals surface area (Å²) in [5.41, 5.74) is 0. The van der Waals surface area contributed by atoms with E-state index in [2.05, 4.69) is 0 Å². The van der Waals surface area contributed by atoms with Gasteiger partial charge < -0.3 is 9.80 Å². The molecule has 8 heteroatoms. The van der Waals surface area contributed by atoms with Crippen molar-refractivity contribution in [2.24, 2.45) is 5.92 Å². The van der Waals surface area contributed by atoms with E-state index >= 15 is 0 Å². The Hall–Kier alpha value is -1.15. The highest BCUT2D eigenvalue weighted by atomic mass is 32.2. The predicted octanol–water partition coefficient (Wildman–Crippen LogP) is -1.19. The van der Waals surface area contributed by atoms with Gasteiger partial charge in [0.05, 0.1) is 12.2 Å². The molecule has 19 heavy (non-hydrogen) atoms. The molecule has 0 radical (unpaired) electrons. The van der Waals surface area contributed by atoms with Gasteiger partial charge in [-0.2, -0.15) is 4.31 Å². The fourth-order valence-electron chi connectivity index (χ4n) is 2.09. The largest absolute Gasteiger partial charge is 0.348 e. The van der Waals surface area contributed by atoms with E-state index in [1.807, 2.05) is 0 Å². The SMILES string of the molecule is CC(=O)N1CCN(S(C)(=O)=O)C[C@H](C(=O)N(C)C)C1. The molecule has 0 aromatic heterocycles. The fraction of sp³-hybridized carbons (Fsp3) is 0.818. The van der Waals surface area contributed by atoms with Crippen molar-refractivity contribution in [3.05, 3.63) is 0 Å². The standard InChI is InChI=1S/C11H21N3O4S/c1-9(15)13-5-6-14(19(4,17)18)8-10(7-13)11(16)12(2)3/h10H,5-8H2,1-4H3/t10-/m1/s1. The fourth-order valence-corrected chi connectivity index (χ4v) is 2.96. The van der Waals surface area contributed by atoms with Gasteiger partial charge in [-0.1, -0.05) is 0 Å². The van der Waals surface area contributed by atoms with Crippen molar-refractivity contribution < 1.29 is 18.0 Å². The summed E-state index contributed by atoms with van der Waals surface area (Å²) in [7, 11) is -0.124. The molecule has 1 fully saturated rings. The number of sulfonamides is 1. The third kappa shape index (κ3) is 4.17. The predicted molar refractivity (Wildman–Crippen MR) is 70.9 cm³/mol. The van der Waals surface area contributed by atoms with Gasteiger partial charge in [0.1, 0.15) is 0 Å². The van der Waals surface area contributed by atoms with Crippen LogP contribution in [0.4, 0.5) is 0 Å². The van der Waals surface area contributed by atoms with E-state index in [1.54, 1.807) is 14.1 Å². The number of amides is 2. The minimum absolute atomic E-state index is 0.125. The lowest BCUT2D eigenvalue weighted by Gasteiger charge is -2.24. The van der Waals surface area contributed by atoms with E-state index in [9.17, 15) is 18.0 Å². The van der Waals surface area contributed by atoms with Crippen molar-refractivity contribution in [1.29, 1.82) is 0 Å². The number of nitrogens with zero attached hydrogens (tertiary/aromatic N) is 3. The van der Waals surface area contributed by atoms with Gasteiger partial charge in [0.25, 0.3) is 0 Å². The van der Waals surface area contributed by atoms with Crippen molar-refractivity contribution in [3.8, 4) is 0 Å². The maximum atomic E-state index is 12.1. The molecule has 0 spiro atoms. The quantitative estimate of drug-likeness (QED) is 0.641. The van der Waals surface area contributed by atoms with Gasteiger partial charge >= 0.3 is 0 Å². The first kappa shape index (κ1) is 15.9. The van der Waals surface area contributed by atoms with E-state index in [0.29, 0.717) is 6.54 Å². The number of rotatable bonds is 2. The van der Waals surface area contributed by atoms with E-state index in [1.165, 1.54) is 21.0 Å². The Labute approximate surface area is 114 Å². The Morgan fingerprint density at radius 2 is 1.74 bits per heavy atom. The van der Waals surface area contributed by atoms with Crippen LogP contribution in [0.25, 0.3) is 0 Å². The van der Waals surface area contributed by atoms with Crippen LogP contribution in [-0.2, 0) is 19.6 Å². The second kappa shape index (κ2) is 5.87. The van der Waals surface area contributed by atoms with Gasteiger partial charge in [-0.3, -0.25) is 9.59 Å². The Bertz CT molecular complexity index is 461. The van der Waals surface area contributed by atoms with Crippen LogP contribution < -0.4 is 0 Å². The van der Waals surface area contributed by atoms with Gasteiger partial charge in [0, 0.05) is 47.2 Å². The maximum Gasteiger partial charge on any atom is 0.228 e. The Balaban J connectivity index is 2.98. The van der Waals surface area contributed by atoms with Gasteiger partial charge in [-0.15, -0.1) is 0 Å². The second-order valence-electron chi connectivity index (χ2n) is 5.02. The molecule has 0 aromatic carbocycles. The summed E-state index contributed by atoms with van der Waals surface area (Å²) >= 11 is 0. The molecule has 0 aliphatic carbocycles. The summed E-state index contributed by atoms with van der Waals surface area (Å²) in [4.78, 5) is 26.5. The Morgan fingerprint density at radius 3 is 2.16 bits per heavy atom. The van der Waals surface area contributed by atoms with Gasteiger partial charge in [0.2, 0.25) is 21.8 Å². The Kier molecular flexibility index (Phi) is 4.92. The zero-order valence-corrected chi connectivity index (χ0v) is 12.6. The highest BCUT2D eigenvalue weighted by Gasteiger charge is 2.33. The molecular formula is C11H21N3O4S. The van der Waals surface area contributed by atoms with Crippen LogP contribution in [-0.4, -0.2) is 80.9 Å². The molecule has 110 valence electrons. The molecule has 0 saturated carbocycles. The molecule has 0 unspecified atom stereocenters. The number of carbonyl (C=O) groups excluding carboxylic acids is 2. The number of hydrogen-bond acceptors (Lipinski definition) is 4. The van der Waals surface area contributed by atoms with Crippen LogP contribution in [0, 0.1) is 5.92 Å². The normalized spacial score (nSPS) is 21.9. The molecule has 1 heterocycles. The van der Waals surface area contributed by atoms with Crippen molar-refractivity contribution in [2.75, 3.05) is 46.5 Å². The van der Waals surface area contributed by atoms with Gasteiger partial charge in [-0.25, -0.2) is 8.42 Å². The lowest BCUT2D eigenvalue weighted by atomic mass is 10.1. The highest BCUT2D eigenvalue weighted by Crippen LogP contribution is 2.14. The van der Waals surface area contributed by atoms with E-state index in [0.717, 1.165) is 6.26 Å².